The number of benzene rings is 3. The van der Waals surface area contributed by atoms with Gasteiger partial charge >= 0.3 is 12.1 Å². The average Bonchev–Trinajstić information content (AvgIpc) is 3.63. The monoisotopic (exact) mass is 854 g/mol. The molecule has 3 heterocycles. The molecule has 0 spiro atoms. The van der Waals surface area contributed by atoms with E-state index in [4.69, 9.17) is 9.47 Å². The van der Waals surface area contributed by atoms with E-state index in [2.05, 4.69) is 20.9 Å². The molecule has 3 N–H and O–H groups in total. The number of nitro benzene ring substituents is 1. The van der Waals surface area contributed by atoms with Crippen molar-refractivity contribution in [2.24, 2.45) is 0 Å². The predicted molar refractivity (Wildman–Crippen MR) is 226 cm³/mol. The number of rotatable bonds is 12. The lowest BCUT2D eigenvalue weighted by Gasteiger charge is -2.26. The van der Waals surface area contributed by atoms with Crippen molar-refractivity contribution in [3.8, 4) is 21.6 Å². The number of pyridine rings is 1. The predicted octanol–water partition coefficient (Wildman–Crippen LogP) is 7.34. The smallest absolute Gasteiger partial charge is 0.407 e. The summed E-state index contributed by atoms with van der Waals surface area (Å²) in [7, 11) is -3.23. The minimum atomic E-state index is -4.38. The van der Waals surface area contributed by atoms with Gasteiger partial charge in [-0.3, -0.25) is 24.0 Å². The second-order valence-electron chi connectivity index (χ2n) is 14.6. The van der Waals surface area contributed by atoms with Crippen LogP contribution in [0.1, 0.15) is 76.6 Å². The molecule has 0 unspecified atom stereocenters. The Morgan fingerprint density at radius 3 is 2.28 bits per heavy atom. The summed E-state index contributed by atoms with van der Waals surface area (Å²) in [6, 6.07) is 19.0. The zero-order valence-corrected chi connectivity index (χ0v) is 35.0. The molecule has 0 saturated carbocycles. The Hall–Kier alpha value is -6.66. The fourth-order valence-corrected chi connectivity index (χ4v) is 8.85. The normalized spacial score (nSPS) is 12.3. The maximum absolute atomic E-state index is 14.5. The quantitative estimate of drug-likeness (QED) is 0.0641. The van der Waals surface area contributed by atoms with E-state index >= 15 is 0 Å². The van der Waals surface area contributed by atoms with Crippen LogP contribution in [-0.2, 0) is 32.5 Å². The van der Waals surface area contributed by atoms with E-state index in [1.54, 1.807) is 51.1 Å². The van der Waals surface area contributed by atoms with Gasteiger partial charge in [0.1, 0.15) is 11.3 Å². The van der Waals surface area contributed by atoms with E-state index in [0.717, 1.165) is 42.5 Å². The number of alkyl carbamates (subject to hydrolysis) is 1. The topological polar surface area (TPSA) is 216 Å². The zero-order valence-electron chi connectivity index (χ0n) is 33.4. The highest BCUT2D eigenvalue weighted by Crippen LogP contribution is 2.45. The number of methoxy groups -OCH3 is 1. The summed E-state index contributed by atoms with van der Waals surface area (Å²) in [4.78, 5) is 68.8. The number of nitrogens with zero attached hydrogens (tertiary/aromatic N) is 3. The number of non-ortho nitro benzene ring substituents is 1. The summed E-state index contributed by atoms with van der Waals surface area (Å²) in [5, 5.41) is 21.6. The molecular weight excluding hydrogens is 813 g/mol. The number of thiophene rings is 1. The lowest BCUT2D eigenvalue weighted by molar-refractivity contribution is -0.384. The number of anilines is 2. The molecule has 3 amide bonds. The van der Waals surface area contributed by atoms with Gasteiger partial charge in [0.25, 0.3) is 27.5 Å². The first kappa shape index (κ1) is 42.9. The van der Waals surface area contributed by atoms with Crippen molar-refractivity contribution in [1.82, 2.24) is 15.6 Å². The van der Waals surface area contributed by atoms with Crippen LogP contribution in [0.25, 0.3) is 21.6 Å². The molecular formula is C42H42N6O10S2. The molecule has 6 rings (SSSR count). The van der Waals surface area contributed by atoms with Crippen molar-refractivity contribution in [3.63, 3.8) is 0 Å². The van der Waals surface area contributed by atoms with Crippen molar-refractivity contribution < 1.29 is 42.0 Å². The highest BCUT2D eigenvalue weighted by atomic mass is 32.2. The summed E-state index contributed by atoms with van der Waals surface area (Å²) in [5.74, 6) is -2.08. The summed E-state index contributed by atoms with van der Waals surface area (Å²) in [6.45, 7) is 7.64. The van der Waals surface area contributed by atoms with Crippen molar-refractivity contribution in [1.29, 1.82) is 0 Å². The molecule has 1 aliphatic rings. The molecule has 18 heteroatoms. The fourth-order valence-electron chi connectivity index (χ4n) is 6.39. The minimum absolute atomic E-state index is 0.0329. The Bertz CT molecular complexity index is 2580. The van der Waals surface area contributed by atoms with Crippen LogP contribution in [0.5, 0.6) is 0 Å². The van der Waals surface area contributed by atoms with Crippen molar-refractivity contribution in [2.45, 2.75) is 57.6 Å². The van der Waals surface area contributed by atoms with Gasteiger partial charge in [0, 0.05) is 59.0 Å². The van der Waals surface area contributed by atoms with Crippen LogP contribution < -0.4 is 20.3 Å². The third-order valence-corrected chi connectivity index (χ3v) is 12.1. The Labute approximate surface area is 350 Å². The van der Waals surface area contributed by atoms with Gasteiger partial charge in [0.05, 0.1) is 22.6 Å². The van der Waals surface area contributed by atoms with Gasteiger partial charge in [-0.2, -0.15) is 0 Å². The molecule has 1 aliphatic heterocycles. The molecule has 2 aromatic heterocycles. The number of esters is 1. The maximum Gasteiger partial charge on any atom is 0.407 e. The van der Waals surface area contributed by atoms with Gasteiger partial charge in [0.15, 0.2) is 5.69 Å². The van der Waals surface area contributed by atoms with Gasteiger partial charge in [-0.15, -0.1) is 11.3 Å². The first-order valence-electron chi connectivity index (χ1n) is 18.8. The molecule has 5 aromatic rings. The van der Waals surface area contributed by atoms with Crippen LogP contribution >= 0.6 is 11.3 Å². The SMILES string of the molecule is CCCNC(=O)c1ccc(-c2cc3c(cc2C(=O)Nc2ccc(CNC(=O)OC(C)(C)C)cc2)-c2sccc2CCN3S(=O)(=O)c2ccc([N+](=O)[O-])cc2)c(C(=O)OC)n1. The lowest BCUT2D eigenvalue weighted by Crippen LogP contribution is -2.33. The zero-order chi connectivity index (χ0) is 43.4. The van der Waals surface area contributed by atoms with Gasteiger partial charge < -0.3 is 25.4 Å². The summed E-state index contributed by atoms with van der Waals surface area (Å²) in [5.41, 5.74) is 1.39. The average molecular weight is 855 g/mol. The van der Waals surface area contributed by atoms with E-state index in [0.29, 0.717) is 35.5 Å². The van der Waals surface area contributed by atoms with Gasteiger partial charge in [0.2, 0.25) is 0 Å². The summed E-state index contributed by atoms with van der Waals surface area (Å²) in [6.07, 6.45) is 0.361. The van der Waals surface area contributed by atoms with Crippen molar-refractivity contribution >= 4 is 62.3 Å². The van der Waals surface area contributed by atoms with Crippen LogP contribution in [0, 0.1) is 10.1 Å². The van der Waals surface area contributed by atoms with E-state index in [9.17, 15) is 37.7 Å². The molecule has 3 aromatic carbocycles. The number of ether oxygens (including phenoxy) is 2. The molecule has 0 bridgehead atoms. The molecule has 0 aliphatic carbocycles. The molecule has 0 radical (unpaired) electrons. The number of aromatic nitrogens is 1. The number of nitrogens with one attached hydrogen (secondary N) is 3. The molecule has 60 heavy (non-hydrogen) atoms. The van der Waals surface area contributed by atoms with Crippen molar-refractivity contribution in [3.05, 3.63) is 122 Å². The largest absolute Gasteiger partial charge is 0.464 e. The number of sulfonamides is 1. The third kappa shape index (κ3) is 9.45. The van der Waals surface area contributed by atoms with Crippen LogP contribution in [0.3, 0.4) is 0 Å². The Kier molecular flexibility index (Phi) is 12.6. The van der Waals surface area contributed by atoms with Crippen LogP contribution in [0.2, 0.25) is 0 Å². The standard InChI is InChI=1S/C42H42N6O10S2/c1-6-19-43-39(50)34-16-15-30(36(46-34)40(51)57-5)31-23-35-33(22-32(31)38(49)45-27-9-7-25(8-10-27)24-44-41(52)58-42(2,3)4)37-26(18-21-59-37)17-20-47(35)60(55,56)29-13-11-28(12-14-29)48(53)54/h7-16,18,21-23H,6,17,19-20,24H2,1-5H3,(H,43,50)(H,44,52)(H,45,49). The lowest BCUT2D eigenvalue weighted by atomic mass is 9.93. The molecule has 312 valence electrons. The van der Waals surface area contributed by atoms with E-state index < -0.39 is 44.4 Å². The number of fused-ring (bicyclic) bond motifs is 3. The number of hydrogen-bond donors (Lipinski definition) is 3. The van der Waals surface area contributed by atoms with Crippen LogP contribution in [0.15, 0.2) is 89.1 Å². The van der Waals surface area contributed by atoms with Crippen LogP contribution in [-0.4, -0.2) is 68.0 Å². The van der Waals surface area contributed by atoms with Gasteiger partial charge in [-0.05, 0) is 110 Å². The van der Waals surface area contributed by atoms with Crippen molar-refractivity contribution in [2.75, 3.05) is 29.8 Å². The number of amides is 3. The summed E-state index contributed by atoms with van der Waals surface area (Å²) >= 11 is 1.36. The second kappa shape index (κ2) is 17.7. The van der Waals surface area contributed by atoms with E-state index in [-0.39, 0.29) is 57.4 Å². The highest BCUT2D eigenvalue weighted by Gasteiger charge is 2.34. The third-order valence-electron chi connectivity index (χ3n) is 9.24. The molecule has 0 saturated heterocycles. The number of carbonyl (C=O) groups is 4. The Morgan fingerprint density at radius 1 is 0.917 bits per heavy atom. The molecule has 0 fully saturated rings. The first-order valence-corrected chi connectivity index (χ1v) is 21.1. The van der Waals surface area contributed by atoms with Gasteiger partial charge in [-0.1, -0.05) is 19.1 Å². The number of carbonyl (C=O) groups excluding carboxylic acids is 4. The Balaban J connectivity index is 1.49. The van der Waals surface area contributed by atoms with Crippen LogP contribution in [0.4, 0.5) is 21.9 Å². The van der Waals surface area contributed by atoms with E-state index in [1.807, 2.05) is 18.4 Å². The molecule has 16 nitrogen and oxygen atoms in total. The fraction of sp³-hybridized carbons (Fsp3) is 0.262. The molecule has 0 atom stereocenters. The number of hydrogen-bond acceptors (Lipinski definition) is 12. The first-order chi connectivity index (χ1) is 28.5. The number of nitro groups is 1. The highest BCUT2D eigenvalue weighted by molar-refractivity contribution is 7.92. The van der Waals surface area contributed by atoms with E-state index in [1.165, 1.54) is 33.8 Å². The summed E-state index contributed by atoms with van der Waals surface area (Å²) < 4.78 is 40.5. The minimum Gasteiger partial charge on any atom is -0.464 e. The second-order valence-corrected chi connectivity index (χ2v) is 17.4. The Morgan fingerprint density at radius 2 is 1.63 bits per heavy atom. The maximum atomic E-state index is 14.5. The van der Waals surface area contributed by atoms with Gasteiger partial charge in [-0.25, -0.2) is 23.0 Å².